The van der Waals surface area contributed by atoms with Gasteiger partial charge in [0.15, 0.2) is 0 Å². The van der Waals surface area contributed by atoms with Crippen LogP contribution >= 0.6 is 11.6 Å². The van der Waals surface area contributed by atoms with Crippen LogP contribution in [0.2, 0.25) is 5.02 Å². The summed E-state index contributed by atoms with van der Waals surface area (Å²) in [5.41, 5.74) is 4.25. The number of halogens is 4. The van der Waals surface area contributed by atoms with Gasteiger partial charge in [-0.1, -0.05) is 11.6 Å². The van der Waals surface area contributed by atoms with Crippen LogP contribution in [0.25, 0.3) is 0 Å². The molecule has 1 heterocycles. The fraction of sp³-hybridized carbons (Fsp3) is 0.333. The fourth-order valence-corrected chi connectivity index (χ4v) is 1.31. The highest BCUT2D eigenvalue weighted by atomic mass is 35.5. The van der Waals surface area contributed by atoms with Gasteiger partial charge in [0, 0.05) is 12.6 Å². The van der Waals surface area contributed by atoms with E-state index in [1.165, 1.54) is 0 Å². The quantitative estimate of drug-likeness (QED) is 0.875. The Balaban J connectivity index is 2.95. The van der Waals surface area contributed by atoms with Gasteiger partial charge in [0.1, 0.15) is 6.04 Å². The molecular weight excluding hydrogens is 261 g/mol. The van der Waals surface area contributed by atoms with Crippen molar-refractivity contribution in [1.82, 2.24) is 4.98 Å². The summed E-state index contributed by atoms with van der Waals surface area (Å²) < 4.78 is 36.8. The first kappa shape index (κ1) is 13.7. The molecule has 1 aromatic rings. The summed E-state index contributed by atoms with van der Waals surface area (Å²) in [5, 5.41) is 8.29. The van der Waals surface area contributed by atoms with Crippen LogP contribution in [0.1, 0.15) is 11.3 Å². The highest BCUT2D eigenvalue weighted by Gasteiger charge is 2.31. The summed E-state index contributed by atoms with van der Waals surface area (Å²) in [4.78, 5) is 13.9. The molecule has 0 aliphatic heterocycles. The molecule has 0 unspecified atom stereocenters. The largest absolute Gasteiger partial charge is 0.480 e. The molecule has 94 valence electrons. The SMILES string of the molecule is N[C@H](Cc1ncc(C(F)(F)F)cc1Cl)C(=O)O. The first-order valence-corrected chi connectivity index (χ1v) is 4.79. The molecule has 8 heteroatoms. The van der Waals surface area contributed by atoms with E-state index in [2.05, 4.69) is 4.98 Å². The van der Waals surface area contributed by atoms with Crippen molar-refractivity contribution in [1.29, 1.82) is 0 Å². The van der Waals surface area contributed by atoms with Gasteiger partial charge in [0.2, 0.25) is 0 Å². The summed E-state index contributed by atoms with van der Waals surface area (Å²) in [7, 11) is 0. The van der Waals surface area contributed by atoms with Gasteiger partial charge in [-0.15, -0.1) is 0 Å². The van der Waals surface area contributed by atoms with Crippen LogP contribution in [0, 0.1) is 0 Å². The summed E-state index contributed by atoms with van der Waals surface area (Å²) >= 11 is 5.57. The average molecular weight is 269 g/mol. The fourth-order valence-electron chi connectivity index (χ4n) is 1.07. The lowest BCUT2D eigenvalue weighted by Gasteiger charge is -2.10. The minimum atomic E-state index is -4.54. The van der Waals surface area contributed by atoms with Gasteiger partial charge in [-0.25, -0.2) is 0 Å². The Hall–Kier alpha value is -1.34. The Morgan fingerprint density at radius 2 is 2.18 bits per heavy atom. The minimum Gasteiger partial charge on any atom is -0.480 e. The van der Waals surface area contributed by atoms with Gasteiger partial charge in [0.25, 0.3) is 0 Å². The highest BCUT2D eigenvalue weighted by molar-refractivity contribution is 6.31. The molecule has 3 N–H and O–H groups in total. The molecule has 0 saturated carbocycles. The van der Waals surface area contributed by atoms with Gasteiger partial charge < -0.3 is 10.8 Å². The number of rotatable bonds is 3. The third kappa shape index (κ3) is 3.57. The average Bonchev–Trinajstić information content (AvgIpc) is 2.19. The van der Waals surface area contributed by atoms with Crippen molar-refractivity contribution in [2.75, 3.05) is 0 Å². The molecular formula is C9H8ClF3N2O2. The van der Waals surface area contributed by atoms with Crippen molar-refractivity contribution < 1.29 is 23.1 Å². The molecule has 0 aliphatic carbocycles. The summed E-state index contributed by atoms with van der Waals surface area (Å²) in [6.07, 6.45) is -4.17. The smallest absolute Gasteiger partial charge is 0.417 e. The van der Waals surface area contributed by atoms with E-state index in [0.29, 0.717) is 12.3 Å². The van der Waals surface area contributed by atoms with Crippen LogP contribution in [-0.4, -0.2) is 22.1 Å². The van der Waals surface area contributed by atoms with Gasteiger partial charge in [-0.2, -0.15) is 13.2 Å². The van der Waals surface area contributed by atoms with Crippen LogP contribution in [0.5, 0.6) is 0 Å². The zero-order valence-corrected chi connectivity index (χ0v) is 9.09. The first-order chi connectivity index (χ1) is 7.71. The minimum absolute atomic E-state index is 0.0227. The van der Waals surface area contributed by atoms with Gasteiger partial charge in [-0.3, -0.25) is 9.78 Å². The molecule has 17 heavy (non-hydrogen) atoms. The number of hydrogen-bond acceptors (Lipinski definition) is 3. The number of pyridine rings is 1. The monoisotopic (exact) mass is 268 g/mol. The maximum absolute atomic E-state index is 12.3. The van der Waals surface area contributed by atoms with Gasteiger partial charge in [0.05, 0.1) is 16.3 Å². The second-order valence-electron chi connectivity index (χ2n) is 3.30. The van der Waals surface area contributed by atoms with Gasteiger partial charge >= 0.3 is 12.1 Å². The number of aliphatic carboxylic acids is 1. The van der Waals surface area contributed by atoms with Crippen LogP contribution < -0.4 is 5.73 Å². The standard InChI is InChI=1S/C9H8ClF3N2O2/c10-5-1-4(9(11,12)13)3-15-7(5)2-6(14)8(16)17/h1,3,6H,2,14H2,(H,16,17)/t6-/m1/s1. The second-order valence-corrected chi connectivity index (χ2v) is 3.71. The lowest BCUT2D eigenvalue weighted by molar-refractivity contribution is -0.139. The zero-order valence-electron chi connectivity index (χ0n) is 8.33. The first-order valence-electron chi connectivity index (χ1n) is 4.42. The van der Waals surface area contributed by atoms with E-state index in [4.69, 9.17) is 22.4 Å². The van der Waals surface area contributed by atoms with Crippen molar-refractivity contribution >= 4 is 17.6 Å². The van der Waals surface area contributed by atoms with Crippen molar-refractivity contribution in [3.8, 4) is 0 Å². The molecule has 0 amide bonds. The van der Waals surface area contributed by atoms with Crippen molar-refractivity contribution in [3.05, 3.63) is 28.5 Å². The van der Waals surface area contributed by atoms with E-state index < -0.39 is 23.8 Å². The van der Waals surface area contributed by atoms with Crippen LogP contribution in [0.4, 0.5) is 13.2 Å². The van der Waals surface area contributed by atoms with Crippen LogP contribution in [-0.2, 0) is 17.4 Å². The lowest BCUT2D eigenvalue weighted by atomic mass is 10.1. The number of carboxylic acid groups (broad SMARTS) is 1. The van der Waals surface area contributed by atoms with Crippen molar-refractivity contribution in [2.45, 2.75) is 18.6 Å². The van der Waals surface area contributed by atoms with Crippen LogP contribution in [0.3, 0.4) is 0 Å². The molecule has 4 nitrogen and oxygen atoms in total. The number of aromatic nitrogens is 1. The molecule has 0 spiro atoms. The molecule has 1 atom stereocenters. The van der Waals surface area contributed by atoms with E-state index in [1.54, 1.807) is 0 Å². The maximum atomic E-state index is 12.3. The molecule has 1 aromatic heterocycles. The zero-order chi connectivity index (χ0) is 13.2. The number of nitrogens with two attached hydrogens (primary N) is 1. The van der Waals surface area contributed by atoms with E-state index in [1.807, 2.05) is 0 Å². The molecule has 0 fully saturated rings. The number of hydrogen-bond donors (Lipinski definition) is 2. The summed E-state index contributed by atoms with van der Waals surface area (Å²) in [6, 6.07) is -0.560. The van der Waals surface area contributed by atoms with Crippen molar-refractivity contribution in [3.63, 3.8) is 0 Å². The molecule has 0 bridgehead atoms. The predicted molar refractivity (Wildman–Crippen MR) is 53.6 cm³/mol. The Labute approximate surface area is 99.2 Å². The number of alkyl halides is 3. The normalized spacial score (nSPS) is 13.5. The summed E-state index contributed by atoms with van der Waals surface area (Å²) in [6.45, 7) is 0. The van der Waals surface area contributed by atoms with Crippen LogP contribution in [0.15, 0.2) is 12.3 Å². The van der Waals surface area contributed by atoms with Gasteiger partial charge in [-0.05, 0) is 6.07 Å². The lowest BCUT2D eigenvalue weighted by Crippen LogP contribution is -2.32. The Kier molecular flexibility index (Phi) is 3.94. The topological polar surface area (TPSA) is 76.2 Å². The Bertz CT molecular complexity index is 437. The number of carboxylic acids is 1. The summed E-state index contributed by atoms with van der Waals surface area (Å²) in [5.74, 6) is -1.28. The maximum Gasteiger partial charge on any atom is 0.417 e. The second kappa shape index (κ2) is 4.89. The van der Waals surface area contributed by atoms with E-state index >= 15 is 0 Å². The number of carbonyl (C=O) groups is 1. The molecule has 1 rings (SSSR count). The Morgan fingerprint density at radius 1 is 1.59 bits per heavy atom. The Morgan fingerprint density at radius 3 is 2.59 bits per heavy atom. The highest BCUT2D eigenvalue weighted by Crippen LogP contribution is 2.31. The molecule has 0 radical (unpaired) electrons. The third-order valence-electron chi connectivity index (χ3n) is 1.98. The van der Waals surface area contributed by atoms with E-state index in [-0.39, 0.29) is 17.1 Å². The number of nitrogens with zero attached hydrogens (tertiary/aromatic N) is 1. The van der Waals surface area contributed by atoms with Crippen molar-refractivity contribution in [2.24, 2.45) is 5.73 Å². The molecule has 0 aliphatic rings. The molecule has 0 saturated heterocycles. The third-order valence-corrected chi connectivity index (χ3v) is 2.30. The molecule has 0 aromatic carbocycles. The predicted octanol–water partition coefficient (Wildman–Crippen LogP) is 1.71. The van der Waals surface area contributed by atoms with E-state index in [9.17, 15) is 18.0 Å². The van der Waals surface area contributed by atoms with E-state index in [0.717, 1.165) is 0 Å².